The zero-order valence-corrected chi connectivity index (χ0v) is 15.4. The smallest absolute Gasteiger partial charge is 0.290 e. The second kappa shape index (κ2) is 8.10. The van der Waals surface area contributed by atoms with Crippen LogP contribution in [0.25, 0.3) is 6.08 Å². The minimum atomic E-state index is -0.357. The van der Waals surface area contributed by atoms with E-state index in [0.717, 1.165) is 40.0 Å². The number of hydrogen-bond donors (Lipinski definition) is 1. The lowest BCUT2D eigenvalue weighted by Gasteiger charge is -2.11. The van der Waals surface area contributed by atoms with Crippen molar-refractivity contribution in [2.75, 3.05) is 13.2 Å². The summed E-state index contributed by atoms with van der Waals surface area (Å²) < 4.78 is 11.4. The van der Waals surface area contributed by atoms with Crippen molar-refractivity contribution in [1.82, 2.24) is 5.32 Å². The molecule has 0 spiro atoms. The van der Waals surface area contributed by atoms with E-state index >= 15 is 0 Å². The van der Waals surface area contributed by atoms with Gasteiger partial charge in [0.05, 0.1) is 4.91 Å². The number of hydrogen-bond acceptors (Lipinski definition) is 5. The van der Waals surface area contributed by atoms with Gasteiger partial charge in [0, 0.05) is 0 Å². The van der Waals surface area contributed by atoms with E-state index in [2.05, 4.69) is 11.4 Å². The molecule has 134 valence electrons. The van der Waals surface area contributed by atoms with E-state index in [-0.39, 0.29) is 11.1 Å². The lowest BCUT2D eigenvalue weighted by atomic mass is 10.1. The SMILES string of the molecule is Cc1ccc(C)c(OCCOc2ccc(/C=C3/SC(=O)NC3=O)cc2)c1. The van der Waals surface area contributed by atoms with Gasteiger partial charge in [0.25, 0.3) is 11.1 Å². The van der Waals surface area contributed by atoms with Gasteiger partial charge in [-0.1, -0.05) is 24.3 Å². The topological polar surface area (TPSA) is 64.6 Å². The van der Waals surface area contributed by atoms with Crippen molar-refractivity contribution in [3.05, 3.63) is 64.1 Å². The highest BCUT2D eigenvalue weighted by Gasteiger charge is 2.24. The van der Waals surface area contributed by atoms with Gasteiger partial charge in [-0.3, -0.25) is 14.9 Å². The van der Waals surface area contributed by atoms with Crippen molar-refractivity contribution in [3.8, 4) is 11.5 Å². The van der Waals surface area contributed by atoms with Crippen molar-refractivity contribution in [2.24, 2.45) is 0 Å². The molecule has 0 unspecified atom stereocenters. The van der Waals surface area contributed by atoms with Crippen LogP contribution in [0, 0.1) is 13.8 Å². The molecule has 2 amide bonds. The Morgan fingerprint density at radius 3 is 2.42 bits per heavy atom. The quantitative estimate of drug-likeness (QED) is 0.614. The van der Waals surface area contributed by atoms with Gasteiger partial charge in [0.2, 0.25) is 0 Å². The Balaban J connectivity index is 1.50. The van der Waals surface area contributed by atoms with E-state index in [4.69, 9.17) is 9.47 Å². The molecule has 0 radical (unpaired) electrons. The Labute approximate surface area is 156 Å². The van der Waals surface area contributed by atoms with Crippen LogP contribution >= 0.6 is 11.8 Å². The highest BCUT2D eigenvalue weighted by molar-refractivity contribution is 8.18. The van der Waals surface area contributed by atoms with Crippen LogP contribution in [0.4, 0.5) is 4.79 Å². The fourth-order valence-electron chi connectivity index (χ4n) is 2.41. The predicted molar refractivity (Wildman–Crippen MR) is 102 cm³/mol. The van der Waals surface area contributed by atoms with Gasteiger partial charge in [-0.2, -0.15) is 0 Å². The molecule has 26 heavy (non-hydrogen) atoms. The average Bonchev–Trinajstić information content (AvgIpc) is 2.93. The third-order valence-electron chi connectivity index (χ3n) is 3.77. The first kappa shape index (κ1) is 18.1. The second-order valence-electron chi connectivity index (χ2n) is 5.89. The van der Waals surface area contributed by atoms with Crippen molar-refractivity contribution in [2.45, 2.75) is 13.8 Å². The summed E-state index contributed by atoms with van der Waals surface area (Å²) in [5.41, 5.74) is 3.09. The van der Waals surface area contributed by atoms with Crippen molar-refractivity contribution in [3.63, 3.8) is 0 Å². The Morgan fingerprint density at radius 2 is 1.73 bits per heavy atom. The molecule has 0 bridgehead atoms. The predicted octanol–water partition coefficient (Wildman–Crippen LogP) is 4.09. The molecule has 3 rings (SSSR count). The van der Waals surface area contributed by atoms with E-state index in [1.54, 1.807) is 6.08 Å². The largest absolute Gasteiger partial charge is 0.490 e. The molecular weight excluding hydrogens is 350 g/mol. The highest BCUT2D eigenvalue weighted by atomic mass is 32.2. The first-order valence-corrected chi connectivity index (χ1v) is 9.01. The molecule has 0 saturated carbocycles. The lowest BCUT2D eigenvalue weighted by molar-refractivity contribution is -0.115. The number of nitrogens with one attached hydrogen (secondary N) is 1. The zero-order valence-electron chi connectivity index (χ0n) is 14.6. The summed E-state index contributed by atoms with van der Waals surface area (Å²) in [5.74, 6) is 1.23. The van der Waals surface area contributed by atoms with Gasteiger partial charge in [0.1, 0.15) is 24.7 Å². The normalized spacial score (nSPS) is 15.2. The first-order valence-electron chi connectivity index (χ1n) is 8.19. The van der Waals surface area contributed by atoms with Gasteiger partial charge < -0.3 is 9.47 Å². The molecule has 6 heteroatoms. The minimum absolute atomic E-state index is 0.343. The molecule has 1 N–H and O–H groups in total. The maximum atomic E-state index is 11.5. The van der Waals surface area contributed by atoms with Crippen LogP contribution in [0.15, 0.2) is 47.4 Å². The van der Waals surface area contributed by atoms with Crippen LogP contribution in [0.5, 0.6) is 11.5 Å². The van der Waals surface area contributed by atoms with E-state index in [0.29, 0.717) is 18.1 Å². The second-order valence-corrected chi connectivity index (χ2v) is 6.90. The zero-order chi connectivity index (χ0) is 18.5. The average molecular weight is 369 g/mol. The van der Waals surface area contributed by atoms with E-state index < -0.39 is 0 Å². The van der Waals surface area contributed by atoms with E-state index in [9.17, 15) is 9.59 Å². The summed E-state index contributed by atoms with van der Waals surface area (Å²) in [6.45, 7) is 4.93. The molecule has 1 aliphatic rings. The van der Waals surface area contributed by atoms with E-state index in [1.165, 1.54) is 0 Å². The molecule has 0 atom stereocenters. The van der Waals surface area contributed by atoms with Gasteiger partial charge in [-0.05, 0) is 66.6 Å². The summed E-state index contributed by atoms with van der Waals surface area (Å²) in [6.07, 6.45) is 1.68. The summed E-state index contributed by atoms with van der Waals surface area (Å²) in [5, 5.41) is 1.89. The Kier molecular flexibility index (Phi) is 5.63. The summed E-state index contributed by atoms with van der Waals surface area (Å²) in [6, 6.07) is 13.4. The minimum Gasteiger partial charge on any atom is -0.490 e. The lowest BCUT2D eigenvalue weighted by Crippen LogP contribution is -2.17. The molecule has 5 nitrogen and oxygen atoms in total. The molecule has 2 aromatic rings. The number of amides is 2. The Hall–Kier alpha value is -2.73. The fourth-order valence-corrected chi connectivity index (χ4v) is 3.09. The molecule has 1 saturated heterocycles. The van der Waals surface area contributed by atoms with Crippen LogP contribution in [-0.4, -0.2) is 24.4 Å². The van der Waals surface area contributed by atoms with Crippen molar-refractivity contribution < 1.29 is 19.1 Å². The van der Waals surface area contributed by atoms with Gasteiger partial charge in [-0.15, -0.1) is 0 Å². The first-order chi connectivity index (χ1) is 12.5. The maximum Gasteiger partial charge on any atom is 0.290 e. The van der Waals surface area contributed by atoms with Gasteiger partial charge in [-0.25, -0.2) is 0 Å². The van der Waals surface area contributed by atoms with Crippen LogP contribution in [0.1, 0.15) is 16.7 Å². The number of rotatable bonds is 6. The molecule has 1 fully saturated rings. The van der Waals surface area contributed by atoms with Crippen molar-refractivity contribution in [1.29, 1.82) is 0 Å². The summed E-state index contributed by atoms with van der Waals surface area (Å²) in [4.78, 5) is 23.1. The number of ether oxygens (including phenoxy) is 2. The van der Waals surface area contributed by atoms with Crippen LogP contribution in [0.3, 0.4) is 0 Å². The van der Waals surface area contributed by atoms with Gasteiger partial charge >= 0.3 is 0 Å². The van der Waals surface area contributed by atoms with Gasteiger partial charge in [0.15, 0.2) is 0 Å². The number of thioether (sulfide) groups is 1. The molecule has 0 aromatic heterocycles. The number of carbonyl (C=O) groups excluding carboxylic acids is 2. The third kappa shape index (κ3) is 4.67. The Bertz CT molecular complexity index is 859. The summed E-state index contributed by atoms with van der Waals surface area (Å²) in [7, 11) is 0. The molecule has 1 heterocycles. The molecule has 1 aliphatic heterocycles. The van der Waals surface area contributed by atoms with E-state index in [1.807, 2.05) is 50.2 Å². The standard InChI is InChI=1S/C20H19NO4S/c1-13-3-4-14(2)17(11-13)25-10-9-24-16-7-5-15(6-8-16)12-18-19(22)21-20(23)26-18/h3-8,11-12H,9-10H2,1-2H3,(H,21,22,23)/b18-12+. The van der Waals surface area contributed by atoms with Crippen LogP contribution in [-0.2, 0) is 4.79 Å². The summed E-state index contributed by atoms with van der Waals surface area (Å²) >= 11 is 0.903. The number of imide groups is 1. The fraction of sp³-hybridized carbons (Fsp3) is 0.200. The Morgan fingerprint density at radius 1 is 1.00 bits per heavy atom. The number of benzene rings is 2. The molecule has 2 aromatic carbocycles. The monoisotopic (exact) mass is 369 g/mol. The third-order valence-corrected chi connectivity index (χ3v) is 4.58. The number of carbonyl (C=O) groups is 2. The molecule has 0 aliphatic carbocycles. The van der Waals surface area contributed by atoms with Crippen LogP contribution in [0.2, 0.25) is 0 Å². The number of aryl methyl sites for hydroxylation is 2. The van der Waals surface area contributed by atoms with Crippen molar-refractivity contribution >= 4 is 29.0 Å². The highest BCUT2D eigenvalue weighted by Crippen LogP contribution is 2.26. The maximum absolute atomic E-state index is 11.5. The molecular formula is C20H19NO4S. The van der Waals surface area contributed by atoms with Crippen LogP contribution < -0.4 is 14.8 Å².